The molecule has 1 fully saturated rings. The van der Waals surface area contributed by atoms with Crippen molar-refractivity contribution in [3.05, 3.63) is 54.6 Å². The molecule has 1 aromatic rings. The number of carbonyl (C=O) groups is 6. The molecule has 1 aromatic carbocycles. The van der Waals surface area contributed by atoms with E-state index >= 15 is 0 Å². The highest BCUT2D eigenvalue weighted by Gasteiger charge is 2.65. The Balaban J connectivity index is 2.53. The van der Waals surface area contributed by atoms with Gasteiger partial charge in [0.05, 0.1) is 5.92 Å². The summed E-state index contributed by atoms with van der Waals surface area (Å²) in [6, 6.07) is 8.15. The third kappa shape index (κ3) is 8.67. The van der Waals surface area contributed by atoms with E-state index in [1.54, 1.807) is 44.2 Å². The first kappa shape index (κ1) is 40.1. The first-order chi connectivity index (χ1) is 23.0. The summed E-state index contributed by atoms with van der Waals surface area (Å²) in [5.74, 6) is -9.31. The molecule has 2 aliphatic carbocycles. The molecule has 1 saturated carbocycles. The maximum absolute atomic E-state index is 14.6. The number of benzene rings is 1. The van der Waals surface area contributed by atoms with Crippen molar-refractivity contribution in [1.29, 1.82) is 0 Å². The number of hydrogen-bond donors (Lipinski definition) is 2. The molecule has 2 aliphatic rings. The van der Waals surface area contributed by atoms with Crippen molar-refractivity contribution >= 4 is 35.4 Å². The van der Waals surface area contributed by atoms with Gasteiger partial charge in [-0.15, -0.1) is 0 Å². The minimum Gasteiger partial charge on any atom is -0.482 e. The second-order valence-corrected chi connectivity index (χ2v) is 14.2. The normalized spacial score (nSPS) is 32.9. The van der Waals surface area contributed by atoms with Crippen LogP contribution in [0.1, 0.15) is 68.7 Å². The van der Waals surface area contributed by atoms with Crippen molar-refractivity contribution in [2.24, 2.45) is 23.2 Å². The quantitative estimate of drug-likeness (QED) is 0.183. The van der Waals surface area contributed by atoms with E-state index in [0.29, 0.717) is 0 Å². The van der Waals surface area contributed by atoms with Crippen molar-refractivity contribution in [1.82, 2.24) is 0 Å². The van der Waals surface area contributed by atoms with Crippen LogP contribution < -0.4 is 4.74 Å². The first-order valence-corrected chi connectivity index (χ1v) is 16.4. The monoisotopic (exact) mass is 700 g/mol. The molecule has 0 saturated heterocycles. The fourth-order valence-corrected chi connectivity index (χ4v) is 6.44. The van der Waals surface area contributed by atoms with Gasteiger partial charge in [0, 0.05) is 44.1 Å². The van der Waals surface area contributed by atoms with Gasteiger partial charge in [0.15, 0.2) is 35.5 Å². The van der Waals surface area contributed by atoms with Gasteiger partial charge < -0.3 is 33.9 Å². The highest BCUT2D eigenvalue weighted by Crippen LogP contribution is 2.45. The maximum atomic E-state index is 14.6. The van der Waals surface area contributed by atoms with E-state index in [2.05, 4.69) is 6.58 Å². The standard InChI is InChI=1S/C37H48O13/c1-19(2)34(43)50-27-21(4)28(49-25-14-12-11-13-15-25)29(46-22(5)38)33(48-24(7)40)35(8,9)17-16-20(3)30(41)37(45)18-36(10,44)32(47-23(6)39)26(27)31(37)42/h11-17,19-20,26-29,32-33,44-45H,4,18H2,1-3,5-10H3/t20-,26+,27-,28-,29+,32+,33+,36+,37-/m0/s1. The molecule has 13 nitrogen and oxygen atoms in total. The lowest BCUT2D eigenvalue weighted by atomic mass is 9.62. The fourth-order valence-electron chi connectivity index (χ4n) is 6.44. The second-order valence-electron chi connectivity index (χ2n) is 14.2. The predicted octanol–water partition coefficient (Wildman–Crippen LogP) is 3.23. The van der Waals surface area contributed by atoms with Crippen LogP contribution in [0.5, 0.6) is 5.75 Å². The molecule has 0 aliphatic heterocycles. The number of ether oxygens (including phenoxy) is 5. The molecule has 0 radical (unpaired) electrons. The van der Waals surface area contributed by atoms with Crippen molar-refractivity contribution in [3.8, 4) is 5.75 Å². The molecular formula is C37H48O13. The van der Waals surface area contributed by atoms with Gasteiger partial charge in [-0.3, -0.25) is 28.8 Å². The van der Waals surface area contributed by atoms with Crippen molar-refractivity contribution in [2.45, 2.75) is 110 Å². The zero-order valence-electron chi connectivity index (χ0n) is 30.0. The Bertz CT molecular complexity index is 1520. The van der Waals surface area contributed by atoms with Gasteiger partial charge in [0.25, 0.3) is 0 Å². The summed E-state index contributed by atoms with van der Waals surface area (Å²) >= 11 is 0. The van der Waals surface area contributed by atoms with Crippen LogP contribution in [0, 0.1) is 23.2 Å². The summed E-state index contributed by atoms with van der Waals surface area (Å²) in [7, 11) is 0. The molecule has 0 amide bonds. The number of carbonyl (C=O) groups excluding carboxylic acids is 6. The van der Waals surface area contributed by atoms with E-state index in [4.69, 9.17) is 23.7 Å². The van der Waals surface area contributed by atoms with Crippen LogP contribution in [-0.2, 0) is 47.7 Å². The van der Waals surface area contributed by atoms with Crippen molar-refractivity contribution < 1.29 is 62.7 Å². The van der Waals surface area contributed by atoms with Crippen LogP contribution in [0.25, 0.3) is 0 Å². The molecule has 0 heterocycles. The highest BCUT2D eigenvalue weighted by atomic mass is 16.6. The Hall–Kier alpha value is -4.36. The second kappa shape index (κ2) is 15.3. The van der Waals surface area contributed by atoms with E-state index in [9.17, 15) is 39.0 Å². The Labute approximate surface area is 291 Å². The van der Waals surface area contributed by atoms with Crippen LogP contribution in [0.2, 0.25) is 0 Å². The van der Waals surface area contributed by atoms with Gasteiger partial charge in [-0.25, -0.2) is 0 Å². The molecule has 13 heteroatoms. The van der Waals surface area contributed by atoms with E-state index < -0.39 is 107 Å². The molecule has 2 bridgehead atoms. The maximum Gasteiger partial charge on any atom is 0.308 e. The van der Waals surface area contributed by atoms with Gasteiger partial charge in [-0.1, -0.05) is 71.5 Å². The average Bonchev–Trinajstić information content (AvgIpc) is 3.01. The van der Waals surface area contributed by atoms with Crippen molar-refractivity contribution in [3.63, 3.8) is 0 Å². The zero-order valence-corrected chi connectivity index (χ0v) is 30.0. The summed E-state index contributed by atoms with van der Waals surface area (Å²) in [5, 5.41) is 23.8. The molecular weight excluding hydrogens is 652 g/mol. The fraction of sp³-hybridized carbons (Fsp3) is 0.568. The number of allylic oxidation sites excluding steroid dienone is 1. The Morgan fingerprint density at radius 2 is 1.36 bits per heavy atom. The van der Waals surface area contributed by atoms with E-state index in [1.165, 1.54) is 39.8 Å². The molecule has 50 heavy (non-hydrogen) atoms. The van der Waals surface area contributed by atoms with Crippen LogP contribution in [0.3, 0.4) is 0 Å². The van der Waals surface area contributed by atoms with Crippen LogP contribution in [-0.4, -0.2) is 87.4 Å². The van der Waals surface area contributed by atoms with Gasteiger partial charge in [0.2, 0.25) is 0 Å². The predicted molar refractivity (Wildman–Crippen MR) is 177 cm³/mol. The molecule has 274 valence electrons. The lowest BCUT2D eigenvalue weighted by Crippen LogP contribution is -2.69. The number of hydrogen-bond acceptors (Lipinski definition) is 13. The molecule has 0 aromatic heterocycles. The molecule has 9 atom stereocenters. The zero-order chi connectivity index (χ0) is 37.9. The van der Waals surface area contributed by atoms with Gasteiger partial charge in [-0.2, -0.15) is 0 Å². The SMILES string of the molecule is C=C1[C@H](Oc2ccccc2)[C@@H](OC(C)=O)[C@@H](OC(C)=O)C(C)(C)C=C[C@H](C)C(=O)[C@@]2(O)C[C@@](C)(O)[C@H](OC(C)=O)[C@@H](C2=O)[C@H]1OC(=O)C(C)C. The Morgan fingerprint density at radius 3 is 1.88 bits per heavy atom. The lowest BCUT2D eigenvalue weighted by molar-refractivity contribution is -0.212. The van der Waals surface area contributed by atoms with Gasteiger partial charge in [-0.05, 0) is 19.1 Å². The van der Waals surface area contributed by atoms with Crippen LogP contribution in [0.15, 0.2) is 54.6 Å². The van der Waals surface area contributed by atoms with Gasteiger partial charge in [0.1, 0.15) is 29.5 Å². The number of fused-ring (bicyclic) bond motifs is 2. The lowest BCUT2D eigenvalue weighted by Gasteiger charge is -2.49. The molecule has 3 rings (SSSR count). The largest absolute Gasteiger partial charge is 0.482 e. The summed E-state index contributed by atoms with van der Waals surface area (Å²) in [4.78, 5) is 80.0. The Kier molecular flexibility index (Phi) is 12.2. The minimum atomic E-state index is -2.87. The number of Topliss-reactive ketones (excluding diaryl/α,β-unsaturated/α-hetero) is 2. The number of esters is 4. The highest BCUT2D eigenvalue weighted by molar-refractivity contribution is 6.13. The smallest absolute Gasteiger partial charge is 0.308 e. The third-order valence-electron chi connectivity index (χ3n) is 8.89. The van der Waals surface area contributed by atoms with Gasteiger partial charge >= 0.3 is 23.9 Å². The van der Waals surface area contributed by atoms with E-state index in [1.807, 2.05) is 0 Å². The molecule has 0 unspecified atom stereocenters. The third-order valence-corrected chi connectivity index (χ3v) is 8.89. The summed E-state index contributed by atoms with van der Waals surface area (Å²) < 4.78 is 29.5. The minimum absolute atomic E-state index is 0.197. The average molecular weight is 701 g/mol. The summed E-state index contributed by atoms with van der Waals surface area (Å²) in [5.41, 5.74) is -6.62. The molecule has 0 spiro atoms. The summed E-state index contributed by atoms with van der Waals surface area (Å²) in [6.45, 7) is 16.4. The number of ketones is 2. The van der Waals surface area contributed by atoms with E-state index in [-0.39, 0.29) is 11.3 Å². The topological polar surface area (TPSA) is 189 Å². The van der Waals surface area contributed by atoms with Crippen LogP contribution >= 0.6 is 0 Å². The van der Waals surface area contributed by atoms with Crippen molar-refractivity contribution in [2.75, 3.05) is 0 Å². The number of aliphatic hydroxyl groups is 2. The van der Waals surface area contributed by atoms with E-state index in [0.717, 1.165) is 20.8 Å². The summed E-state index contributed by atoms with van der Waals surface area (Å²) in [6.07, 6.45) is -6.12. The van der Waals surface area contributed by atoms with Crippen LogP contribution in [0.4, 0.5) is 0 Å². The Morgan fingerprint density at radius 1 is 0.820 bits per heavy atom. The first-order valence-electron chi connectivity index (χ1n) is 16.4. The molecule has 2 N–H and O–H groups in total. The number of rotatable bonds is 7. The number of para-hydroxylation sites is 1.